The van der Waals surface area contributed by atoms with Crippen molar-refractivity contribution in [3.8, 4) is 23.0 Å². The van der Waals surface area contributed by atoms with E-state index in [2.05, 4.69) is 5.32 Å². The third kappa shape index (κ3) is 8.13. The second kappa shape index (κ2) is 15.2. The number of aliphatic hydroxyl groups excluding tert-OH is 1. The van der Waals surface area contributed by atoms with E-state index in [4.69, 9.17) is 33.2 Å². The van der Waals surface area contributed by atoms with Gasteiger partial charge in [-0.25, -0.2) is 4.79 Å². The maximum absolute atomic E-state index is 13.4. The molecule has 2 N–H and O–H groups in total. The molecule has 0 aliphatic carbocycles. The Morgan fingerprint density at radius 3 is 2.06 bits per heavy atom. The van der Waals surface area contributed by atoms with Crippen LogP contribution in [0.1, 0.15) is 53.7 Å². The van der Waals surface area contributed by atoms with Gasteiger partial charge in [-0.05, 0) is 42.5 Å². The minimum Gasteiger partial charge on any atom is -0.496 e. The molecule has 47 heavy (non-hydrogen) atoms. The van der Waals surface area contributed by atoms with E-state index in [0.717, 1.165) is 5.56 Å². The Balaban J connectivity index is 1.53. The Bertz CT molecular complexity index is 1530. The number of methoxy groups -OCH3 is 4. The smallest absolute Gasteiger partial charge is 0.337 e. The van der Waals surface area contributed by atoms with E-state index in [-0.39, 0.29) is 32.4 Å². The van der Waals surface area contributed by atoms with E-state index in [9.17, 15) is 19.5 Å². The van der Waals surface area contributed by atoms with E-state index in [1.165, 1.54) is 42.3 Å². The van der Waals surface area contributed by atoms with E-state index < -0.39 is 35.3 Å². The molecule has 1 heterocycles. The summed E-state index contributed by atoms with van der Waals surface area (Å²) in [7, 11) is 5.78. The monoisotopic (exact) mass is 651 g/mol. The summed E-state index contributed by atoms with van der Waals surface area (Å²) in [6.45, 7) is 3.28. The Hall–Kier alpha value is -4.81. The first-order valence-corrected chi connectivity index (χ1v) is 15.0. The molecule has 1 aliphatic rings. The molecule has 12 nitrogen and oxygen atoms in total. The zero-order valence-electron chi connectivity index (χ0n) is 27.4. The fourth-order valence-electron chi connectivity index (χ4n) is 5.33. The number of rotatable bonds is 15. The first kappa shape index (κ1) is 35.1. The lowest BCUT2D eigenvalue weighted by atomic mass is 9.76. The van der Waals surface area contributed by atoms with Crippen LogP contribution in [0.5, 0.6) is 23.0 Å². The number of ether oxygens (including phenoxy) is 7. The fourth-order valence-corrected chi connectivity index (χ4v) is 5.33. The van der Waals surface area contributed by atoms with Crippen LogP contribution in [0.15, 0.2) is 60.7 Å². The molecule has 3 aromatic carbocycles. The molecule has 0 amide bonds. The van der Waals surface area contributed by atoms with Gasteiger partial charge in [0.25, 0.3) is 5.79 Å². The van der Waals surface area contributed by atoms with Crippen molar-refractivity contribution in [1.82, 2.24) is 5.32 Å². The topological polar surface area (TPSA) is 148 Å². The molecule has 3 aromatic rings. The molecule has 1 fully saturated rings. The molecule has 1 unspecified atom stereocenters. The van der Waals surface area contributed by atoms with Gasteiger partial charge in [-0.15, -0.1) is 0 Å². The minimum absolute atomic E-state index is 0.0248. The number of cyclic esters (lactones) is 2. The van der Waals surface area contributed by atoms with Crippen molar-refractivity contribution < 1.29 is 52.6 Å². The largest absolute Gasteiger partial charge is 0.496 e. The van der Waals surface area contributed by atoms with Gasteiger partial charge < -0.3 is 38.3 Å². The Morgan fingerprint density at radius 1 is 0.851 bits per heavy atom. The summed E-state index contributed by atoms with van der Waals surface area (Å²) >= 11 is 0. The fraction of sp³-hybridized carbons (Fsp3) is 0.400. The molecule has 0 radical (unpaired) electrons. The van der Waals surface area contributed by atoms with Crippen molar-refractivity contribution in [2.24, 2.45) is 5.41 Å². The van der Waals surface area contributed by atoms with E-state index >= 15 is 0 Å². The molecular formula is C35H41NO11. The van der Waals surface area contributed by atoms with Crippen LogP contribution >= 0.6 is 0 Å². The normalized spacial score (nSPS) is 15.6. The number of benzene rings is 3. The van der Waals surface area contributed by atoms with Crippen LogP contribution in [0.2, 0.25) is 0 Å². The molecular weight excluding hydrogens is 610 g/mol. The van der Waals surface area contributed by atoms with Crippen LogP contribution in [0.4, 0.5) is 0 Å². The number of esters is 3. The van der Waals surface area contributed by atoms with Crippen LogP contribution in [-0.4, -0.2) is 63.5 Å². The van der Waals surface area contributed by atoms with Crippen molar-refractivity contribution in [2.75, 3.05) is 28.4 Å². The van der Waals surface area contributed by atoms with Crippen molar-refractivity contribution in [3.63, 3.8) is 0 Å². The number of hydrogen-bond acceptors (Lipinski definition) is 12. The van der Waals surface area contributed by atoms with Gasteiger partial charge in [-0.3, -0.25) is 14.9 Å². The summed E-state index contributed by atoms with van der Waals surface area (Å²) in [5.41, 5.74) is 0.664. The van der Waals surface area contributed by atoms with Crippen molar-refractivity contribution >= 4 is 17.9 Å². The van der Waals surface area contributed by atoms with Gasteiger partial charge in [0, 0.05) is 26.5 Å². The zero-order valence-corrected chi connectivity index (χ0v) is 27.4. The van der Waals surface area contributed by atoms with Gasteiger partial charge >= 0.3 is 17.9 Å². The van der Waals surface area contributed by atoms with E-state index in [1.807, 2.05) is 30.3 Å². The van der Waals surface area contributed by atoms with Gasteiger partial charge in [-0.2, -0.15) is 0 Å². The van der Waals surface area contributed by atoms with Crippen molar-refractivity contribution in [1.29, 1.82) is 0 Å². The van der Waals surface area contributed by atoms with Gasteiger partial charge in [-0.1, -0.05) is 42.5 Å². The summed E-state index contributed by atoms with van der Waals surface area (Å²) < 4.78 is 38.8. The highest BCUT2D eigenvalue weighted by molar-refractivity contribution is 6.02. The van der Waals surface area contributed by atoms with Gasteiger partial charge in [0.1, 0.15) is 18.6 Å². The SMILES string of the molecule is COC(=O)c1ccc(CC2(CCC(O)NCc3c(OC)cc(OC)c(OCc4ccccc4)c3OC)C(=O)OC(C)(C)OC2=O)cc1. The third-order valence-electron chi connectivity index (χ3n) is 7.83. The summed E-state index contributed by atoms with van der Waals surface area (Å²) in [6, 6.07) is 17.6. The quantitative estimate of drug-likeness (QED) is 0.137. The maximum atomic E-state index is 13.4. The van der Waals surface area contributed by atoms with Gasteiger partial charge in [0.05, 0.1) is 39.6 Å². The molecule has 4 rings (SSSR count). The van der Waals surface area contributed by atoms with Crippen molar-refractivity contribution in [2.45, 2.75) is 58.3 Å². The molecule has 0 aromatic heterocycles. The lowest BCUT2D eigenvalue weighted by molar-refractivity contribution is -0.252. The first-order valence-electron chi connectivity index (χ1n) is 15.0. The van der Waals surface area contributed by atoms with Crippen LogP contribution in [0.25, 0.3) is 0 Å². The highest BCUT2D eigenvalue weighted by Crippen LogP contribution is 2.46. The lowest BCUT2D eigenvalue weighted by Gasteiger charge is -2.40. The van der Waals surface area contributed by atoms with Gasteiger partial charge in [0.2, 0.25) is 5.75 Å². The summed E-state index contributed by atoms with van der Waals surface area (Å²) in [4.78, 5) is 38.7. The summed E-state index contributed by atoms with van der Waals surface area (Å²) in [5.74, 6) is -1.94. The van der Waals surface area contributed by atoms with Gasteiger partial charge in [0.15, 0.2) is 16.9 Å². The standard InChI is InChI=1S/C35H41NO11/c1-34(2)46-32(39)35(33(40)47-34,19-22-12-14-24(15-13-22)31(38)44-6)17-16-28(37)36-20-25-26(41-3)18-27(42-4)30(29(25)43-5)45-21-23-10-8-7-9-11-23/h7-15,18,28,36-37H,16-17,19-21H2,1-6H3. The number of hydrogen-bond donors (Lipinski definition) is 2. The van der Waals surface area contributed by atoms with Crippen LogP contribution in [-0.2, 0) is 43.4 Å². The lowest BCUT2D eigenvalue weighted by Crippen LogP contribution is -2.55. The average molecular weight is 652 g/mol. The molecule has 1 saturated heterocycles. The summed E-state index contributed by atoms with van der Waals surface area (Å²) in [5, 5.41) is 14.1. The molecule has 0 spiro atoms. The maximum Gasteiger partial charge on any atom is 0.337 e. The summed E-state index contributed by atoms with van der Waals surface area (Å²) in [6.07, 6.45) is -1.37. The first-order chi connectivity index (χ1) is 22.5. The van der Waals surface area contributed by atoms with Crippen LogP contribution in [0.3, 0.4) is 0 Å². The molecule has 0 bridgehead atoms. The van der Waals surface area contributed by atoms with Crippen LogP contribution < -0.4 is 24.3 Å². The predicted octanol–water partition coefficient (Wildman–Crippen LogP) is 4.33. The Labute approximate surface area is 273 Å². The molecule has 1 aliphatic heterocycles. The number of aliphatic hydroxyl groups is 1. The third-order valence-corrected chi connectivity index (χ3v) is 7.83. The second-order valence-electron chi connectivity index (χ2n) is 11.5. The highest BCUT2D eigenvalue weighted by Gasteiger charge is 2.56. The highest BCUT2D eigenvalue weighted by atomic mass is 16.7. The second-order valence-corrected chi connectivity index (χ2v) is 11.5. The van der Waals surface area contributed by atoms with Crippen molar-refractivity contribution in [3.05, 3.63) is 82.9 Å². The minimum atomic E-state index is -1.74. The Kier molecular flexibility index (Phi) is 11.3. The average Bonchev–Trinajstić information content (AvgIpc) is 3.06. The van der Waals surface area contributed by atoms with Crippen LogP contribution in [0, 0.1) is 5.41 Å². The predicted molar refractivity (Wildman–Crippen MR) is 169 cm³/mol. The van der Waals surface area contributed by atoms with E-state index in [1.54, 1.807) is 30.3 Å². The Morgan fingerprint density at radius 2 is 1.49 bits per heavy atom. The molecule has 252 valence electrons. The number of nitrogens with one attached hydrogen (secondary N) is 1. The molecule has 12 heteroatoms. The number of carbonyl (C=O) groups is 3. The van der Waals surface area contributed by atoms with E-state index in [0.29, 0.717) is 39.7 Å². The zero-order chi connectivity index (χ0) is 34.2. The molecule has 1 atom stereocenters. The number of carbonyl (C=O) groups excluding carboxylic acids is 3. The molecule has 0 saturated carbocycles.